The van der Waals surface area contributed by atoms with Crippen molar-refractivity contribution in [3.63, 3.8) is 0 Å². The van der Waals surface area contributed by atoms with E-state index in [0.29, 0.717) is 11.4 Å². The maximum absolute atomic E-state index is 12.7. The Morgan fingerprint density at radius 2 is 1.80 bits per heavy atom. The molecule has 5 heteroatoms. The summed E-state index contributed by atoms with van der Waals surface area (Å²) in [4.78, 5) is 7.44. The molecule has 20 heavy (non-hydrogen) atoms. The first-order valence-electron chi connectivity index (χ1n) is 6.08. The maximum atomic E-state index is 12.7. The fraction of sp³-hybridized carbons (Fsp3) is 0.133. The molecule has 0 amide bonds. The van der Waals surface area contributed by atoms with Gasteiger partial charge >= 0.3 is 6.18 Å². The molecule has 0 unspecified atom stereocenters. The highest BCUT2D eigenvalue weighted by atomic mass is 19.4. The minimum atomic E-state index is -4.35. The van der Waals surface area contributed by atoms with Crippen LogP contribution in [0.15, 0.2) is 42.5 Å². The minimum Gasteiger partial charge on any atom is -0.338 e. The van der Waals surface area contributed by atoms with Crippen LogP contribution in [0.4, 0.5) is 13.2 Å². The summed E-state index contributed by atoms with van der Waals surface area (Å²) in [7, 11) is 0. The van der Waals surface area contributed by atoms with E-state index in [1.54, 1.807) is 6.07 Å². The molecule has 0 atom stereocenters. The van der Waals surface area contributed by atoms with Gasteiger partial charge in [0.05, 0.1) is 16.6 Å². The van der Waals surface area contributed by atoms with E-state index >= 15 is 0 Å². The number of imidazole rings is 1. The molecule has 1 heterocycles. The highest BCUT2D eigenvalue weighted by Crippen LogP contribution is 2.32. The van der Waals surface area contributed by atoms with Crippen molar-refractivity contribution in [2.45, 2.75) is 13.1 Å². The summed E-state index contributed by atoms with van der Waals surface area (Å²) in [6, 6.07) is 10.8. The van der Waals surface area contributed by atoms with Gasteiger partial charge in [-0.2, -0.15) is 13.2 Å². The number of aromatic nitrogens is 2. The van der Waals surface area contributed by atoms with Crippen molar-refractivity contribution in [2.24, 2.45) is 0 Å². The zero-order valence-electron chi connectivity index (χ0n) is 10.6. The molecule has 0 aliphatic rings. The Morgan fingerprint density at radius 1 is 1.05 bits per heavy atom. The number of benzene rings is 2. The van der Waals surface area contributed by atoms with Crippen LogP contribution in [-0.4, -0.2) is 9.97 Å². The summed E-state index contributed by atoms with van der Waals surface area (Å²) in [5.74, 6) is 0.445. The Bertz CT molecular complexity index is 772. The quantitative estimate of drug-likeness (QED) is 0.693. The maximum Gasteiger partial charge on any atom is 0.416 e. The second-order valence-corrected chi connectivity index (χ2v) is 4.64. The molecule has 0 aliphatic carbocycles. The van der Waals surface area contributed by atoms with Gasteiger partial charge in [0.2, 0.25) is 0 Å². The van der Waals surface area contributed by atoms with Crippen LogP contribution in [0.3, 0.4) is 0 Å². The lowest BCUT2D eigenvalue weighted by Crippen LogP contribution is -2.04. The Labute approximate surface area is 113 Å². The number of nitrogens with zero attached hydrogens (tertiary/aromatic N) is 1. The zero-order valence-corrected chi connectivity index (χ0v) is 10.6. The molecule has 2 aromatic carbocycles. The summed E-state index contributed by atoms with van der Waals surface area (Å²) in [5, 5.41) is 0. The SMILES string of the molecule is Cc1cccc2[nH]c(-c3cccc(C(F)(F)F)c3)nc12. The third-order valence-electron chi connectivity index (χ3n) is 3.18. The van der Waals surface area contributed by atoms with E-state index in [2.05, 4.69) is 9.97 Å². The summed E-state index contributed by atoms with van der Waals surface area (Å²) in [6.07, 6.45) is -4.35. The molecule has 1 aromatic heterocycles. The van der Waals surface area contributed by atoms with Gasteiger partial charge in [-0.05, 0) is 30.7 Å². The Morgan fingerprint density at radius 3 is 2.50 bits per heavy atom. The molecular formula is C15H11F3N2. The number of nitrogens with one attached hydrogen (secondary N) is 1. The molecule has 3 rings (SSSR count). The van der Waals surface area contributed by atoms with Crippen LogP contribution in [-0.2, 0) is 6.18 Å². The standard InChI is InChI=1S/C15H11F3N2/c1-9-4-2-7-12-13(9)20-14(19-12)10-5-3-6-11(8-10)15(16,17)18/h2-8H,1H3,(H,19,20). The van der Waals surface area contributed by atoms with Crippen molar-refractivity contribution in [1.82, 2.24) is 9.97 Å². The predicted molar refractivity (Wildman–Crippen MR) is 71.3 cm³/mol. The Hall–Kier alpha value is -2.30. The Kier molecular flexibility index (Phi) is 2.78. The van der Waals surface area contributed by atoms with Crippen LogP contribution in [0.1, 0.15) is 11.1 Å². The van der Waals surface area contributed by atoms with Gasteiger partial charge in [0, 0.05) is 5.56 Å². The highest BCUT2D eigenvalue weighted by Gasteiger charge is 2.30. The molecule has 2 nitrogen and oxygen atoms in total. The normalized spacial score (nSPS) is 12.0. The van der Waals surface area contributed by atoms with Crippen LogP contribution >= 0.6 is 0 Å². The molecule has 0 bridgehead atoms. The number of alkyl halides is 3. The number of fused-ring (bicyclic) bond motifs is 1. The highest BCUT2D eigenvalue weighted by molar-refractivity contribution is 5.82. The second-order valence-electron chi connectivity index (χ2n) is 4.64. The van der Waals surface area contributed by atoms with Crippen LogP contribution in [0.25, 0.3) is 22.4 Å². The van der Waals surface area contributed by atoms with Gasteiger partial charge in [-0.25, -0.2) is 4.98 Å². The number of para-hydroxylation sites is 1. The third-order valence-corrected chi connectivity index (χ3v) is 3.18. The molecule has 0 fully saturated rings. The number of aromatic amines is 1. The number of aryl methyl sites for hydroxylation is 1. The molecule has 102 valence electrons. The van der Waals surface area contributed by atoms with Crippen LogP contribution in [0, 0.1) is 6.92 Å². The van der Waals surface area contributed by atoms with E-state index in [1.165, 1.54) is 6.07 Å². The first-order valence-corrected chi connectivity index (χ1v) is 6.08. The summed E-state index contributed by atoms with van der Waals surface area (Å²) in [6.45, 7) is 1.92. The monoisotopic (exact) mass is 276 g/mol. The fourth-order valence-electron chi connectivity index (χ4n) is 2.16. The molecular weight excluding hydrogens is 265 g/mol. The second kappa shape index (κ2) is 4.37. The van der Waals surface area contributed by atoms with Gasteiger partial charge in [-0.15, -0.1) is 0 Å². The minimum absolute atomic E-state index is 0.426. The number of hydrogen-bond donors (Lipinski definition) is 1. The molecule has 0 radical (unpaired) electrons. The molecule has 3 aromatic rings. The topological polar surface area (TPSA) is 28.7 Å². The summed E-state index contributed by atoms with van der Waals surface area (Å²) < 4.78 is 38.2. The first-order chi connectivity index (χ1) is 9.45. The molecule has 0 spiro atoms. The lowest BCUT2D eigenvalue weighted by molar-refractivity contribution is -0.137. The fourth-order valence-corrected chi connectivity index (χ4v) is 2.16. The Balaban J connectivity index is 2.14. The van der Waals surface area contributed by atoms with E-state index in [1.807, 2.05) is 25.1 Å². The predicted octanol–water partition coefficient (Wildman–Crippen LogP) is 4.56. The largest absolute Gasteiger partial charge is 0.416 e. The van der Waals surface area contributed by atoms with Gasteiger partial charge in [0.25, 0.3) is 0 Å². The number of halogens is 3. The van der Waals surface area contributed by atoms with Crippen molar-refractivity contribution < 1.29 is 13.2 Å². The molecule has 1 N–H and O–H groups in total. The van der Waals surface area contributed by atoms with Crippen molar-refractivity contribution >= 4 is 11.0 Å². The number of rotatable bonds is 1. The van der Waals surface area contributed by atoms with Crippen molar-refractivity contribution in [2.75, 3.05) is 0 Å². The van der Waals surface area contributed by atoms with E-state index in [0.717, 1.165) is 28.7 Å². The van der Waals surface area contributed by atoms with Gasteiger partial charge < -0.3 is 4.98 Å². The smallest absolute Gasteiger partial charge is 0.338 e. The van der Waals surface area contributed by atoms with Gasteiger partial charge in [0.15, 0.2) is 0 Å². The zero-order chi connectivity index (χ0) is 14.3. The van der Waals surface area contributed by atoms with Gasteiger partial charge in [-0.1, -0.05) is 24.3 Å². The van der Waals surface area contributed by atoms with E-state index in [4.69, 9.17) is 0 Å². The molecule has 0 saturated carbocycles. The lowest BCUT2D eigenvalue weighted by Gasteiger charge is -2.07. The van der Waals surface area contributed by atoms with E-state index in [9.17, 15) is 13.2 Å². The molecule has 0 aliphatic heterocycles. The van der Waals surface area contributed by atoms with Crippen molar-refractivity contribution in [3.8, 4) is 11.4 Å². The average molecular weight is 276 g/mol. The van der Waals surface area contributed by atoms with Crippen molar-refractivity contribution in [3.05, 3.63) is 53.6 Å². The van der Waals surface area contributed by atoms with Gasteiger partial charge in [-0.3, -0.25) is 0 Å². The third kappa shape index (κ3) is 2.15. The van der Waals surface area contributed by atoms with E-state index in [-0.39, 0.29) is 0 Å². The van der Waals surface area contributed by atoms with E-state index < -0.39 is 11.7 Å². The van der Waals surface area contributed by atoms with Crippen LogP contribution < -0.4 is 0 Å². The summed E-state index contributed by atoms with van der Waals surface area (Å²) >= 11 is 0. The number of hydrogen-bond acceptors (Lipinski definition) is 1. The first kappa shape index (κ1) is 12.7. The van der Waals surface area contributed by atoms with Crippen LogP contribution in [0.5, 0.6) is 0 Å². The van der Waals surface area contributed by atoms with Crippen molar-refractivity contribution in [1.29, 1.82) is 0 Å². The van der Waals surface area contributed by atoms with Crippen LogP contribution in [0.2, 0.25) is 0 Å². The molecule has 0 saturated heterocycles. The number of H-pyrrole nitrogens is 1. The van der Waals surface area contributed by atoms with Gasteiger partial charge in [0.1, 0.15) is 5.82 Å². The lowest BCUT2D eigenvalue weighted by atomic mass is 10.1. The average Bonchev–Trinajstić information content (AvgIpc) is 2.83. The summed E-state index contributed by atoms with van der Waals surface area (Å²) in [5.41, 5.74) is 2.33.